The van der Waals surface area contributed by atoms with Crippen molar-refractivity contribution in [2.45, 2.75) is 13.1 Å². The van der Waals surface area contributed by atoms with Crippen LogP contribution in [0.4, 0.5) is 0 Å². The third-order valence-electron chi connectivity index (χ3n) is 4.67. The molecule has 1 N–H and O–H groups in total. The average Bonchev–Trinajstić information content (AvgIpc) is 2.77. The van der Waals surface area contributed by atoms with E-state index in [2.05, 4.69) is 16.3 Å². The number of ketones is 1. The van der Waals surface area contributed by atoms with E-state index in [0.717, 1.165) is 12.1 Å². The van der Waals surface area contributed by atoms with Gasteiger partial charge in [0.05, 0.1) is 0 Å². The first-order valence-corrected chi connectivity index (χ1v) is 10.3. The molecule has 0 unspecified atom stereocenters. The highest BCUT2D eigenvalue weighted by Crippen LogP contribution is 2.17. The van der Waals surface area contributed by atoms with Crippen LogP contribution in [0.2, 0.25) is 5.02 Å². The summed E-state index contributed by atoms with van der Waals surface area (Å²) in [6.45, 7) is 1.16. The molecule has 0 saturated carbocycles. The lowest BCUT2D eigenvalue weighted by Crippen LogP contribution is -2.29. The predicted molar refractivity (Wildman–Crippen MR) is 123 cm³/mol. The summed E-state index contributed by atoms with van der Waals surface area (Å²) in [5, 5.41) is 3.47. The maximum atomic E-state index is 12.5. The monoisotopic (exact) mass is 436 g/mol. The fourth-order valence-corrected chi connectivity index (χ4v) is 3.22. The molecule has 0 aliphatic carbocycles. The Balaban J connectivity index is 1.51. The second-order valence-corrected chi connectivity index (χ2v) is 7.87. The molecule has 0 atom stereocenters. The molecule has 3 aromatic rings. The lowest BCUT2D eigenvalue weighted by atomic mass is 10.0. The summed E-state index contributed by atoms with van der Waals surface area (Å²) in [6, 6.07) is 21.5. The summed E-state index contributed by atoms with van der Waals surface area (Å²) >= 11 is 5.87. The number of carbonyl (C=O) groups excluding carboxylic acids is 2. The molecule has 1 amide bonds. The lowest BCUT2D eigenvalue weighted by molar-refractivity contribution is -0.123. The first-order valence-electron chi connectivity index (χ1n) is 9.93. The zero-order chi connectivity index (χ0) is 22.2. The van der Waals surface area contributed by atoms with E-state index in [1.807, 2.05) is 32.3 Å². The van der Waals surface area contributed by atoms with Gasteiger partial charge in [-0.05, 0) is 73.8 Å². The third-order valence-corrected chi connectivity index (χ3v) is 4.93. The van der Waals surface area contributed by atoms with Crippen molar-refractivity contribution in [2.24, 2.45) is 0 Å². The number of carbonyl (C=O) groups is 2. The van der Waals surface area contributed by atoms with Crippen LogP contribution in [0.1, 0.15) is 27.0 Å². The molecule has 0 bridgehead atoms. The largest absolute Gasteiger partial charge is 0.484 e. The molecule has 0 heterocycles. The zero-order valence-corrected chi connectivity index (χ0v) is 18.4. The number of rotatable bonds is 9. The molecular formula is C25H25ClN2O3. The van der Waals surface area contributed by atoms with E-state index in [1.165, 1.54) is 5.56 Å². The quantitative estimate of drug-likeness (QED) is 0.507. The summed E-state index contributed by atoms with van der Waals surface area (Å²) in [5.74, 6) is 0.217. The van der Waals surface area contributed by atoms with Crippen molar-refractivity contribution in [3.8, 4) is 5.75 Å². The van der Waals surface area contributed by atoms with Crippen molar-refractivity contribution in [3.05, 3.63) is 100 Å². The smallest absolute Gasteiger partial charge is 0.258 e. The SMILES string of the molecule is CN(C)Cc1ccccc1CNC(=O)COc1ccc(C(=O)c2ccc(Cl)cc2)cc1. The van der Waals surface area contributed by atoms with Gasteiger partial charge in [-0.15, -0.1) is 0 Å². The van der Waals surface area contributed by atoms with Crippen LogP contribution in [0.5, 0.6) is 5.75 Å². The van der Waals surface area contributed by atoms with Crippen LogP contribution < -0.4 is 10.1 Å². The van der Waals surface area contributed by atoms with Crippen molar-refractivity contribution in [1.82, 2.24) is 10.2 Å². The van der Waals surface area contributed by atoms with Crippen molar-refractivity contribution in [1.29, 1.82) is 0 Å². The standard InChI is InChI=1S/C25H25ClN2O3/c1-28(2)16-21-6-4-3-5-20(21)15-27-24(29)17-31-23-13-9-19(10-14-23)25(30)18-7-11-22(26)12-8-18/h3-14H,15-17H2,1-2H3,(H,27,29). The van der Waals surface area contributed by atoms with Crippen molar-refractivity contribution in [3.63, 3.8) is 0 Å². The molecule has 0 aliphatic heterocycles. The molecule has 0 aliphatic rings. The Labute approximate surface area is 187 Å². The number of amides is 1. The van der Waals surface area contributed by atoms with Gasteiger partial charge in [-0.25, -0.2) is 0 Å². The Bertz CT molecular complexity index is 1030. The van der Waals surface area contributed by atoms with Gasteiger partial charge in [0.15, 0.2) is 12.4 Å². The molecule has 3 aromatic carbocycles. The maximum Gasteiger partial charge on any atom is 0.258 e. The summed E-state index contributed by atoms with van der Waals surface area (Å²) in [6.07, 6.45) is 0. The van der Waals surface area contributed by atoms with Gasteiger partial charge < -0.3 is 15.0 Å². The Kier molecular flexibility index (Phi) is 7.82. The molecular weight excluding hydrogens is 412 g/mol. The molecule has 5 nitrogen and oxygen atoms in total. The van der Waals surface area contributed by atoms with Crippen LogP contribution in [0.25, 0.3) is 0 Å². The van der Waals surface area contributed by atoms with Crippen LogP contribution in [0, 0.1) is 0 Å². The predicted octanol–water partition coefficient (Wildman–Crippen LogP) is 4.33. The van der Waals surface area contributed by atoms with Gasteiger partial charge in [0.25, 0.3) is 5.91 Å². The van der Waals surface area contributed by atoms with Gasteiger partial charge in [0.2, 0.25) is 0 Å². The number of halogens is 1. The number of benzene rings is 3. The average molecular weight is 437 g/mol. The number of ether oxygens (including phenoxy) is 1. The number of nitrogens with zero attached hydrogens (tertiary/aromatic N) is 1. The highest BCUT2D eigenvalue weighted by molar-refractivity contribution is 6.30. The molecule has 0 aromatic heterocycles. The van der Waals surface area contributed by atoms with E-state index >= 15 is 0 Å². The molecule has 6 heteroatoms. The summed E-state index contributed by atoms with van der Waals surface area (Å²) < 4.78 is 5.56. The molecule has 31 heavy (non-hydrogen) atoms. The normalized spacial score (nSPS) is 10.7. The fraction of sp³-hybridized carbons (Fsp3) is 0.200. The third kappa shape index (κ3) is 6.67. The maximum absolute atomic E-state index is 12.5. The minimum absolute atomic E-state index is 0.0969. The van der Waals surface area contributed by atoms with Gasteiger partial charge in [0.1, 0.15) is 5.75 Å². The number of hydrogen-bond acceptors (Lipinski definition) is 4. The minimum atomic E-state index is -0.207. The topological polar surface area (TPSA) is 58.6 Å². The van der Waals surface area contributed by atoms with E-state index < -0.39 is 0 Å². The first kappa shape index (κ1) is 22.5. The van der Waals surface area contributed by atoms with Crippen LogP contribution in [0.15, 0.2) is 72.8 Å². The van der Waals surface area contributed by atoms with E-state index in [1.54, 1.807) is 48.5 Å². The van der Waals surface area contributed by atoms with E-state index in [0.29, 0.717) is 28.4 Å². The van der Waals surface area contributed by atoms with Gasteiger partial charge in [-0.3, -0.25) is 9.59 Å². The highest BCUT2D eigenvalue weighted by Gasteiger charge is 2.10. The van der Waals surface area contributed by atoms with Crippen LogP contribution in [-0.4, -0.2) is 37.3 Å². The Morgan fingerprint density at radius 2 is 1.45 bits per heavy atom. The van der Waals surface area contributed by atoms with Gasteiger partial charge in [0, 0.05) is 29.2 Å². The summed E-state index contributed by atoms with van der Waals surface area (Å²) in [4.78, 5) is 26.8. The first-order chi connectivity index (χ1) is 14.9. The van der Waals surface area contributed by atoms with Crippen molar-refractivity contribution >= 4 is 23.3 Å². The minimum Gasteiger partial charge on any atom is -0.484 e. The van der Waals surface area contributed by atoms with Crippen LogP contribution in [-0.2, 0) is 17.9 Å². The van der Waals surface area contributed by atoms with Crippen LogP contribution in [0.3, 0.4) is 0 Å². The highest BCUT2D eigenvalue weighted by atomic mass is 35.5. The summed E-state index contributed by atoms with van der Waals surface area (Å²) in [7, 11) is 4.02. The zero-order valence-electron chi connectivity index (χ0n) is 17.6. The Morgan fingerprint density at radius 1 is 0.871 bits per heavy atom. The van der Waals surface area contributed by atoms with Crippen molar-refractivity contribution in [2.75, 3.05) is 20.7 Å². The van der Waals surface area contributed by atoms with Crippen LogP contribution >= 0.6 is 11.6 Å². The van der Waals surface area contributed by atoms with Gasteiger partial charge >= 0.3 is 0 Å². The molecule has 0 saturated heterocycles. The molecule has 160 valence electrons. The summed E-state index contributed by atoms with van der Waals surface area (Å²) in [5.41, 5.74) is 3.35. The molecule has 0 spiro atoms. The fourth-order valence-electron chi connectivity index (χ4n) is 3.09. The van der Waals surface area contributed by atoms with E-state index in [-0.39, 0.29) is 18.3 Å². The Hall–Kier alpha value is -3.15. The van der Waals surface area contributed by atoms with Gasteiger partial charge in [-0.2, -0.15) is 0 Å². The second-order valence-electron chi connectivity index (χ2n) is 7.43. The number of hydrogen-bond donors (Lipinski definition) is 1. The van der Waals surface area contributed by atoms with E-state index in [4.69, 9.17) is 16.3 Å². The lowest BCUT2D eigenvalue weighted by Gasteiger charge is -2.15. The van der Waals surface area contributed by atoms with Crippen molar-refractivity contribution < 1.29 is 14.3 Å². The number of nitrogens with one attached hydrogen (secondary N) is 1. The Morgan fingerprint density at radius 3 is 2.06 bits per heavy atom. The van der Waals surface area contributed by atoms with Gasteiger partial charge in [-0.1, -0.05) is 35.9 Å². The molecule has 0 fully saturated rings. The molecule has 0 radical (unpaired) electrons. The second kappa shape index (κ2) is 10.8. The van der Waals surface area contributed by atoms with E-state index in [9.17, 15) is 9.59 Å². The molecule has 3 rings (SSSR count).